The van der Waals surface area contributed by atoms with Crippen molar-refractivity contribution in [1.29, 1.82) is 0 Å². The summed E-state index contributed by atoms with van der Waals surface area (Å²) in [5.74, 6) is 0.896. The monoisotopic (exact) mass is 350 g/mol. The Bertz CT molecular complexity index is 661. The average Bonchev–Trinajstić information content (AvgIpc) is 3.09. The van der Waals surface area contributed by atoms with E-state index in [1.165, 1.54) is 0 Å². The Labute approximate surface area is 146 Å². The highest BCUT2D eigenvalue weighted by molar-refractivity contribution is 5.95. The molecule has 2 aliphatic heterocycles. The predicted octanol–water partition coefficient (Wildman–Crippen LogP) is 0.409. The topological polar surface area (TPSA) is 86.3 Å². The van der Waals surface area contributed by atoms with Gasteiger partial charge in [-0.1, -0.05) is 0 Å². The van der Waals surface area contributed by atoms with Crippen LogP contribution in [-0.4, -0.2) is 69.6 Å². The Kier molecular flexibility index (Phi) is 5.10. The van der Waals surface area contributed by atoms with Crippen molar-refractivity contribution in [3.8, 4) is 11.5 Å². The predicted molar refractivity (Wildman–Crippen MR) is 87.7 cm³/mol. The van der Waals surface area contributed by atoms with Gasteiger partial charge in [0.15, 0.2) is 11.5 Å². The number of rotatable bonds is 5. The summed E-state index contributed by atoms with van der Waals surface area (Å²) in [6.07, 6.45) is 0.127. The first-order chi connectivity index (χ1) is 12.1. The van der Waals surface area contributed by atoms with E-state index in [2.05, 4.69) is 5.32 Å². The van der Waals surface area contributed by atoms with Crippen molar-refractivity contribution >= 4 is 11.8 Å². The number of carbonyl (C=O) groups is 2. The van der Waals surface area contributed by atoms with E-state index in [0.29, 0.717) is 30.2 Å². The van der Waals surface area contributed by atoms with Crippen LogP contribution in [0.4, 0.5) is 0 Å². The van der Waals surface area contributed by atoms with Gasteiger partial charge in [0.1, 0.15) is 5.60 Å². The summed E-state index contributed by atoms with van der Waals surface area (Å²) in [7, 11) is 3.12. The summed E-state index contributed by atoms with van der Waals surface area (Å²) < 4.78 is 21.7. The van der Waals surface area contributed by atoms with E-state index in [9.17, 15) is 9.59 Å². The highest BCUT2D eigenvalue weighted by atomic mass is 16.7. The number of fused-ring (bicyclic) bond motifs is 1. The van der Waals surface area contributed by atoms with Gasteiger partial charge in [0.2, 0.25) is 12.7 Å². The third kappa shape index (κ3) is 3.69. The number of benzene rings is 1. The second-order valence-electron chi connectivity index (χ2n) is 6.11. The summed E-state index contributed by atoms with van der Waals surface area (Å²) in [6.45, 7) is 1.46. The molecule has 0 spiro atoms. The summed E-state index contributed by atoms with van der Waals surface area (Å²) >= 11 is 0. The third-order valence-electron chi connectivity index (χ3n) is 4.32. The number of morpholine rings is 1. The van der Waals surface area contributed by atoms with E-state index in [-0.39, 0.29) is 38.2 Å². The van der Waals surface area contributed by atoms with Gasteiger partial charge in [0.05, 0.1) is 26.2 Å². The Morgan fingerprint density at radius 1 is 1.32 bits per heavy atom. The molecule has 8 heteroatoms. The Hall–Kier alpha value is -2.32. The molecule has 0 unspecified atom stereocenters. The summed E-state index contributed by atoms with van der Waals surface area (Å²) in [4.78, 5) is 26.4. The van der Waals surface area contributed by atoms with E-state index < -0.39 is 5.60 Å². The van der Waals surface area contributed by atoms with Crippen molar-refractivity contribution in [2.75, 3.05) is 47.3 Å². The molecule has 2 amide bonds. The first kappa shape index (κ1) is 17.5. The largest absolute Gasteiger partial charge is 0.454 e. The number of ether oxygens (including phenoxy) is 4. The van der Waals surface area contributed by atoms with Gasteiger partial charge >= 0.3 is 0 Å². The molecule has 0 aliphatic carbocycles. The number of carbonyl (C=O) groups excluding carboxylic acids is 2. The Morgan fingerprint density at radius 2 is 2.12 bits per heavy atom. The second-order valence-corrected chi connectivity index (χ2v) is 6.11. The smallest absolute Gasteiger partial charge is 0.254 e. The zero-order valence-corrected chi connectivity index (χ0v) is 14.4. The molecule has 1 N–H and O–H groups in total. The Morgan fingerprint density at radius 3 is 2.88 bits per heavy atom. The maximum Gasteiger partial charge on any atom is 0.254 e. The molecule has 136 valence electrons. The molecule has 1 saturated heterocycles. The number of hydrogen-bond acceptors (Lipinski definition) is 6. The van der Waals surface area contributed by atoms with Gasteiger partial charge in [-0.3, -0.25) is 9.59 Å². The van der Waals surface area contributed by atoms with Crippen LogP contribution in [0.5, 0.6) is 11.5 Å². The third-order valence-corrected chi connectivity index (χ3v) is 4.32. The standard InChI is InChI=1S/C17H22N2O6/c1-18-15(20)8-17(10-22-2)9-19(5-6-25-17)16(21)12-3-4-13-14(7-12)24-11-23-13/h3-4,7H,5-6,8-11H2,1-2H3,(H,18,20)/t17-/m1/s1. The van der Waals surface area contributed by atoms with Crippen LogP contribution in [0.2, 0.25) is 0 Å². The maximum atomic E-state index is 12.9. The lowest BCUT2D eigenvalue weighted by molar-refractivity contribution is -0.150. The van der Waals surface area contributed by atoms with Crippen molar-refractivity contribution in [1.82, 2.24) is 10.2 Å². The molecule has 1 atom stereocenters. The van der Waals surface area contributed by atoms with Crippen molar-refractivity contribution < 1.29 is 28.5 Å². The molecular formula is C17H22N2O6. The van der Waals surface area contributed by atoms with Gasteiger partial charge in [0, 0.05) is 26.3 Å². The van der Waals surface area contributed by atoms with Crippen LogP contribution in [-0.2, 0) is 14.3 Å². The molecular weight excluding hydrogens is 328 g/mol. The quantitative estimate of drug-likeness (QED) is 0.828. The van der Waals surface area contributed by atoms with E-state index in [4.69, 9.17) is 18.9 Å². The van der Waals surface area contributed by atoms with Crippen LogP contribution in [0, 0.1) is 0 Å². The van der Waals surface area contributed by atoms with E-state index in [1.807, 2.05) is 0 Å². The molecule has 1 fully saturated rings. The second kappa shape index (κ2) is 7.28. The summed E-state index contributed by atoms with van der Waals surface area (Å²) in [5, 5.41) is 2.59. The first-order valence-corrected chi connectivity index (χ1v) is 8.09. The first-order valence-electron chi connectivity index (χ1n) is 8.09. The van der Waals surface area contributed by atoms with Gasteiger partial charge in [-0.25, -0.2) is 0 Å². The molecule has 3 rings (SSSR count). The fourth-order valence-corrected chi connectivity index (χ4v) is 3.12. The van der Waals surface area contributed by atoms with E-state index in [1.54, 1.807) is 37.3 Å². The number of amides is 2. The molecule has 0 saturated carbocycles. The van der Waals surface area contributed by atoms with Crippen molar-refractivity contribution in [2.24, 2.45) is 0 Å². The zero-order valence-electron chi connectivity index (χ0n) is 14.4. The van der Waals surface area contributed by atoms with Crippen LogP contribution in [0.3, 0.4) is 0 Å². The van der Waals surface area contributed by atoms with Crippen LogP contribution < -0.4 is 14.8 Å². The minimum absolute atomic E-state index is 0.127. The van der Waals surface area contributed by atoms with E-state index in [0.717, 1.165) is 0 Å². The molecule has 0 bridgehead atoms. The average molecular weight is 350 g/mol. The van der Waals surface area contributed by atoms with Gasteiger partial charge in [-0.15, -0.1) is 0 Å². The minimum atomic E-state index is -0.848. The summed E-state index contributed by atoms with van der Waals surface area (Å²) in [5.41, 5.74) is -0.337. The van der Waals surface area contributed by atoms with Crippen LogP contribution in [0.1, 0.15) is 16.8 Å². The normalized spacial score (nSPS) is 21.9. The lowest BCUT2D eigenvalue weighted by Gasteiger charge is -2.42. The highest BCUT2D eigenvalue weighted by Crippen LogP contribution is 2.33. The number of hydrogen-bond donors (Lipinski definition) is 1. The van der Waals surface area contributed by atoms with Gasteiger partial charge < -0.3 is 29.2 Å². The fraction of sp³-hybridized carbons (Fsp3) is 0.529. The molecule has 25 heavy (non-hydrogen) atoms. The lowest BCUT2D eigenvalue weighted by atomic mass is 9.96. The van der Waals surface area contributed by atoms with E-state index >= 15 is 0 Å². The molecule has 2 aliphatic rings. The van der Waals surface area contributed by atoms with Gasteiger partial charge in [0.25, 0.3) is 5.91 Å². The van der Waals surface area contributed by atoms with Crippen LogP contribution >= 0.6 is 0 Å². The molecule has 1 aromatic rings. The van der Waals surface area contributed by atoms with Crippen LogP contribution in [0.15, 0.2) is 18.2 Å². The maximum absolute atomic E-state index is 12.9. The molecule has 0 aromatic heterocycles. The number of methoxy groups -OCH3 is 1. The van der Waals surface area contributed by atoms with Crippen LogP contribution in [0.25, 0.3) is 0 Å². The highest BCUT2D eigenvalue weighted by Gasteiger charge is 2.40. The number of nitrogens with zero attached hydrogens (tertiary/aromatic N) is 1. The molecule has 1 aromatic carbocycles. The Balaban J connectivity index is 1.77. The number of nitrogens with one attached hydrogen (secondary N) is 1. The van der Waals surface area contributed by atoms with Gasteiger partial charge in [-0.05, 0) is 18.2 Å². The zero-order chi connectivity index (χ0) is 17.9. The van der Waals surface area contributed by atoms with Gasteiger partial charge in [-0.2, -0.15) is 0 Å². The minimum Gasteiger partial charge on any atom is -0.454 e. The fourth-order valence-electron chi connectivity index (χ4n) is 3.12. The SMILES string of the molecule is CNC(=O)C[C@]1(COC)CN(C(=O)c2ccc3c(c2)OCO3)CCO1. The summed E-state index contributed by atoms with van der Waals surface area (Å²) in [6, 6.07) is 5.11. The van der Waals surface area contributed by atoms with Crippen molar-refractivity contribution in [2.45, 2.75) is 12.0 Å². The molecule has 0 radical (unpaired) electrons. The van der Waals surface area contributed by atoms with Crippen molar-refractivity contribution in [3.05, 3.63) is 23.8 Å². The molecule has 2 heterocycles. The van der Waals surface area contributed by atoms with Crippen molar-refractivity contribution in [3.63, 3.8) is 0 Å². The lowest BCUT2D eigenvalue weighted by Crippen LogP contribution is -2.57. The molecule has 8 nitrogen and oxygen atoms in total.